The second-order valence-corrected chi connectivity index (χ2v) is 12.6. The smallest absolute Gasteiger partial charge is 0.163 e. The highest BCUT2D eigenvalue weighted by atomic mass is 35.5. The molecule has 0 saturated heterocycles. The molecule has 1 aliphatic heterocycles. The van der Waals surface area contributed by atoms with Gasteiger partial charge in [0.2, 0.25) is 0 Å². The van der Waals surface area contributed by atoms with Crippen LogP contribution in [0.15, 0.2) is 40.9 Å². The van der Waals surface area contributed by atoms with Crippen molar-refractivity contribution in [3.8, 4) is 5.75 Å². The summed E-state index contributed by atoms with van der Waals surface area (Å²) in [5.74, 6) is 1.71. The van der Waals surface area contributed by atoms with Crippen molar-refractivity contribution in [3.05, 3.63) is 51.4 Å². The van der Waals surface area contributed by atoms with Crippen LogP contribution in [0.25, 0.3) is 0 Å². The number of ketones is 2. The lowest BCUT2D eigenvalue weighted by Crippen LogP contribution is -2.37. The van der Waals surface area contributed by atoms with Gasteiger partial charge in [-0.05, 0) is 48.8 Å². The molecule has 0 bridgehead atoms. The third-order valence-electron chi connectivity index (χ3n) is 7.41. The Hall–Kier alpha value is -2.07. The maximum absolute atomic E-state index is 13.6. The zero-order chi connectivity index (χ0) is 25.5. The number of ether oxygens (including phenoxy) is 2. The van der Waals surface area contributed by atoms with Gasteiger partial charge in [-0.1, -0.05) is 59.1 Å². The first-order valence-electron chi connectivity index (χ1n) is 13.1. The standard InChI is InChI=1S/C30H39ClO4/c1-7-8-9-10-18(2)34-23-12-11-19(31)13-20(23)26-27-21(32)14-29(3,4)16-24(27)35-25-17-30(5,6)15-22(33)28(25)26/h11-13,18,26H,7-10,14-17H2,1-6H3/t18-/m1/s1. The maximum atomic E-state index is 13.6. The molecule has 0 aromatic heterocycles. The Morgan fingerprint density at radius 2 is 1.54 bits per heavy atom. The number of hydrogen-bond acceptors (Lipinski definition) is 4. The quantitative estimate of drug-likeness (QED) is 0.356. The van der Waals surface area contributed by atoms with E-state index < -0.39 is 5.92 Å². The van der Waals surface area contributed by atoms with Crippen molar-refractivity contribution in [1.82, 2.24) is 0 Å². The molecule has 0 fully saturated rings. The molecule has 0 saturated carbocycles. The number of hydrogen-bond donors (Lipinski definition) is 0. The van der Waals surface area contributed by atoms with Crippen LogP contribution in [-0.2, 0) is 14.3 Å². The molecule has 1 atom stereocenters. The number of carbonyl (C=O) groups is 2. The molecule has 0 radical (unpaired) electrons. The van der Waals surface area contributed by atoms with Gasteiger partial charge in [-0.15, -0.1) is 0 Å². The van der Waals surface area contributed by atoms with E-state index in [1.807, 2.05) is 18.2 Å². The normalized spacial score (nSPS) is 22.5. The van der Waals surface area contributed by atoms with E-state index in [9.17, 15) is 9.59 Å². The summed E-state index contributed by atoms with van der Waals surface area (Å²) in [4.78, 5) is 27.2. The van der Waals surface area contributed by atoms with Gasteiger partial charge >= 0.3 is 0 Å². The Labute approximate surface area is 215 Å². The molecule has 1 aromatic rings. The predicted octanol–water partition coefficient (Wildman–Crippen LogP) is 8.09. The third kappa shape index (κ3) is 5.53. The van der Waals surface area contributed by atoms with Gasteiger partial charge in [0.1, 0.15) is 17.3 Å². The van der Waals surface area contributed by atoms with Crippen LogP contribution in [0.4, 0.5) is 0 Å². The van der Waals surface area contributed by atoms with E-state index in [0.29, 0.717) is 59.1 Å². The van der Waals surface area contributed by atoms with Crippen LogP contribution in [0.2, 0.25) is 5.02 Å². The zero-order valence-electron chi connectivity index (χ0n) is 22.1. The summed E-state index contributed by atoms with van der Waals surface area (Å²) >= 11 is 6.50. The zero-order valence-corrected chi connectivity index (χ0v) is 22.8. The van der Waals surface area contributed by atoms with Gasteiger partial charge in [0, 0.05) is 47.4 Å². The van der Waals surface area contributed by atoms with E-state index in [-0.39, 0.29) is 28.5 Å². The molecule has 5 heteroatoms. The molecule has 1 aromatic carbocycles. The van der Waals surface area contributed by atoms with Crippen molar-refractivity contribution >= 4 is 23.2 Å². The Kier molecular flexibility index (Phi) is 7.26. The molecule has 3 aliphatic rings. The van der Waals surface area contributed by atoms with Crippen molar-refractivity contribution in [2.45, 2.75) is 105 Å². The van der Waals surface area contributed by atoms with Crippen molar-refractivity contribution in [3.63, 3.8) is 0 Å². The number of carbonyl (C=O) groups excluding carboxylic acids is 2. The highest BCUT2D eigenvalue weighted by Crippen LogP contribution is 2.54. The van der Waals surface area contributed by atoms with Crippen molar-refractivity contribution < 1.29 is 19.1 Å². The molecule has 0 N–H and O–H groups in total. The summed E-state index contributed by atoms with van der Waals surface area (Å²) in [7, 11) is 0. The molecular formula is C30H39ClO4. The molecule has 4 nitrogen and oxygen atoms in total. The van der Waals surface area contributed by atoms with E-state index >= 15 is 0 Å². The average Bonchev–Trinajstić information content (AvgIpc) is 2.72. The van der Waals surface area contributed by atoms with Crippen LogP contribution in [0.3, 0.4) is 0 Å². The van der Waals surface area contributed by atoms with E-state index in [4.69, 9.17) is 21.1 Å². The average molecular weight is 499 g/mol. The van der Waals surface area contributed by atoms with Crippen molar-refractivity contribution in [2.24, 2.45) is 10.8 Å². The molecule has 190 valence electrons. The minimum atomic E-state index is -0.502. The lowest BCUT2D eigenvalue weighted by Gasteiger charge is -2.43. The van der Waals surface area contributed by atoms with E-state index in [1.165, 1.54) is 6.42 Å². The van der Waals surface area contributed by atoms with E-state index in [2.05, 4.69) is 41.5 Å². The van der Waals surface area contributed by atoms with Crippen LogP contribution in [-0.4, -0.2) is 17.7 Å². The van der Waals surface area contributed by atoms with Gasteiger partial charge in [0.05, 0.1) is 12.0 Å². The first kappa shape index (κ1) is 26.0. The summed E-state index contributed by atoms with van der Waals surface area (Å²) in [5, 5.41) is 0.564. The van der Waals surface area contributed by atoms with Gasteiger partial charge in [-0.3, -0.25) is 9.59 Å². The van der Waals surface area contributed by atoms with E-state index in [0.717, 1.165) is 24.8 Å². The van der Waals surface area contributed by atoms with Crippen molar-refractivity contribution in [2.75, 3.05) is 0 Å². The predicted molar refractivity (Wildman–Crippen MR) is 140 cm³/mol. The fraction of sp³-hybridized carbons (Fsp3) is 0.600. The monoisotopic (exact) mass is 498 g/mol. The van der Waals surface area contributed by atoms with Crippen LogP contribution in [0.1, 0.15) is 104 Å². The maximum Gasteiger partial charge on any atom is 0.163 e. The van der Waals surface area contributed by atoms with Gasteiger partial charge in [-0.25, -0.2) is 0 Å². The molecule has 1 heterocycles. The number of Topliss-reactive ketones (excluding diaryl/α,β-unsaturated/α-hetero) is 2. The molecule has 0 spiro atoms. The molecule has 4 rings (SSSR count). The fourth-order valence-electron chi connectivity index (χ4n) is 5.80. The largest absolute Gasteiger partial charge is 0.490 e. The first-order valence-corrected chi connectivity index (χ1v) is 13.4. The summed E-state index contributed by atoms with van der Waals surface area (Å²) in [6.07, 6.45) is 6.59. The number of unbranched alkanes of at least 4 members (excludes halogenated alkanes) is 2. The minimum absolute atomic E-state index is 0.0187. The van der Waals surface area contributed by atoms with Crippen molar-refractivity contribution in [1.29, 1.82) is 0 Å². The van der Waals surface area contributed by atoms with Crippen LogP contribution >= 0.6 is 11.6 Å². The Morgan fingerprint density at radius 3 is 2.09 bits per heavy atom. The van der Waals surface area contributed by atoms with Gasteiger partial charge < -0.3 is 9.47 Å². The summed E-state index contributed by atoms with van der Waals surface area (Å²) in [6, 6.07) is 5.58. The molecular weight excluding hydrogens is 460 g/mol. The lowest BCUT2D eigenvalue weighted by atomic mass is 9.65. The van der Waals surface area contributed by atoms with E-state index in [1.54, 1.807) is 0 Å². The fourth-order valence-corrected chi connectivity index (χ4v) is 5.98. The van der Waals surface area contributed by atoms with Crippen LogP contribution in [0, 0.1) is 10.8 Å². The molecule has 0 unspecified atom stereocenters. The highest BCUT2D eigenvalue weighted by molar-refractivity contribution is 6.30. The summed E-state index contributed by atoms with van der Waals surface area (Å²) in [6.45, 7) is 12.7. The third-order valence-corrected chi connectivity index (χ3v) is 7.64. The minimum Gasteiger partial charge on any atom is -0.490 e. The van der Waals surface area contributed by atoms with Gasteiger partial charge in [-0.2, -0.15) is 0 Å². The van der Waals surface area contributed by atoms with Gasteiger partial charge in [0.25, 0.3) is 0 Å². The van der Waals surface area contributed by atoms with Crippen LogP contribution < -0.4 is 4.74 Å². The second-order valence-electron chi connectivity index (χ2n) is 12.2. The lowest BCUT2D eigenvalue weighted by molar-refractivity contribution is -0.120. The molecule has 0 amide bonds. The molecule has 2 aliphatic carbocycles. The SMILES string of the molecule is CCCCC[C@@H](C)Oc1ccc(Cl)cc1C1C2=C(CC(C)(C)CC2=O)OC2=C1C(=O)CC(C)(C)C2. The topological polar surface area (TPSA) is 52.6 Å². The second kappa shape index (κ2) is 9.76. The van der Waals surface area contributed by atoms with Crippen LogP contribution in [0.5, 0.6) is 5.75 Å². The Balaban J connectivity index is 1.84. The number of rotatable bonds is 7. The number of benzene rings is 1. The Bertz CT molecular complexity index is 1040. The Morgan fingerprint density at radius 1 is 0.971 bits per heavy atom. The summed E-state index contributed by atoms with van der Waals surface area (Å²) in [5.41, 5.74) is 1.65. The molecule has 35 heavy (non-hydrogen) atoms. The number of allylic oxidation sites excluding steroid dienone is 4. The number of halogens is 1. The summed E-state index contributed by atoms with van der Waals surface area (Å²) < 4.78 is 12.9. The highest BCUT2D eigenvalue weighted by Gasteiger charge is 2.48. The van der Waals surface area contributed by atoms with Gasteiger partial charge in [0.15, 0.2) is 11.6 Å². The first-order chi connectivity index (χ1) is 16.4.